The zero-order valence-electron chi connectivity index (χ0n) is 12.4. The summed E-state index contributed by atoms with van der Waals surface area (Å²) in [5.41, 5.74) is 7.66. The fraction of sp³-hybridized carbons (Fsp3) is 0.0625. The van der Waals surface area contributed by atoms with Crippen LogP contribution in [-0.2, 0) is 0 Å². The van der Waals surface area contributed by atoms with Gasteiger partial charge in [0.05, 0.1) is 0 Å². The first kappa shape index (κ1) is 14.6. The summed E-state index contributed by atoms with van der Waals surface area (Å²) in [4.78, 5) is 28.8. The largest absolute Gasteiger partial charge is 0.383 e. The van der Waals surface area contributed by atoms with Gasteiger partial charge >= 0.3 is 0 Å². The van der Waals surface area contributed by atoms with Crippen LogP contribution in [0.3, 0.4) is 0 Å². The monoisotopic (exact) mass is 306 g/mol. The molecule has 0 fully saturated rings. The molecule has 0 radical (unpaired) electrons. The second kappa shape index (κ2) is 6.18. The van der Waals surface area contributed by atoms with E-state index < -0.39 is 5.91 Å². The molecule has 0 aliphatic heterocycles. The molecule has 0 aromatic carbocycles. The summed E-state index contributed by atoms with van der Waals surface area (Å²) in [5, 5.41) is 2.66. The second-order valence-electron chi connectivity index (χ2n) is 4.88. The molecule has 0 saturated carbocycles. The van der Waals surface area contributed by atoms with Crippen LogP contribution in [-0.4, -0.2) is 25.8 Å². The maximum Gasteiger partial charge on any atom is 0.262 e. The Balaban J connectivity index is 1.83. The number of rotatable bonds is 3. The van der Waals surface area contributed by atoms with E-state index in [1.54, 1.807) is 30.6 Å². The number of hydrogen-bond donors (Lipinski definition) is 2. The third-order valence-corrected chi connectivity index (χ3v) is 3.11. The lowest BCUT2D eigenvalue weighted by atomic mass is 10.2. The number of nitrogens with zero attached hydrogens (tertiary/aromatic N) is 4. The van der Waals surface area contributed by atoms with Gasteiger partial charge in [0.2, 0.25) is 0 Å². The minimum atomic E-state index is -0.411. The van der Waals surface area contributed by atoms with Gasteiger partial charge in [-0.3, -0.25) is 9.78 Å². The normalized spacial score (nSPS) is 10.3. The molecule has 3 rings (SSSR count). The van der Waals surface area contributed by atoms with E-state index in [1.807, 2.05) is 19.1 Å². The number of nitrogens with two attached hydrogens (primary N) is 1. The van der Waals surface area contributed by atoms with Crippen molar-refractivity contribution in [2.75, 3.05) is 11.1 Å². The molecule has 0 aliphatic carbocycles. The van der Waals surface area contributed by atoms with Crippen molar-refractivity contribution in [2.24, 2.45) is 0 Å². The van der Waals surface area contributed by atoms with Gasteiger partial charge in [-0.25, -0.2) is 15.0 Å². The summed E-state index contributed by atoms with van der Waals surface area (Å²) >= 11 is 0. The van der Waals surface area contributed by atoms with Crippen molar-refractivity contribution in [2.45, 2.75) is 6.92 Å². The van der Waals surface area contributed by atoms with Crippen LogP contribution < -0.4 is 11.1 Å². The van der Waals surface area contributed by atoms with Crippen molar-refractivity contribution in [3.8, 4) is 11.5 Å². The highest BCUT2D eigenvalue weighted by molar-refractivity contribution is 6.06. The Bertz CT molecular complexity index is 833. The summed E-state index contributed by atoms with van der Waals surface area (Å²) in [6, 6.07) is 8.96. The van der Waals surface area contributed by atoms with Gasteiger partial charge in [-0.15, -0.1) is 0 Å². The van der Waals surface area contributed by atoms with E-state index in [0.717, 1.165) is 5.56 Å². The third-order valence-electron chi connectivity index (χ3n) is 3.11. The van der Waals surface area contributed by atoms with Crippen molar-refractivity contribution in [1.29, 1.82) is 0 Å². The van der Waals surface area contributed by atoms with Gasteiger partial charge in [0.25, 0.3) is 5.91 Å². The molecule has 7 nitrogen and oxygen atoms in total. The average Bonchev–Trinajstić information content (AvgIpc) is 2.57. The number of anilines is 2. The molecule has 114 valence electrons. The number of nitrogens with one attached hydrogen (secondary N) is 1. The zero-order chi connectivity index (χ0) is 16.2. The van der Waals surface area contributed by atoms with E-state index in [9.17, 15) is 4.79 Å². The topological polar surface area (TPSA) is 107 Å². The number of amides is 1. The van der Waals surface area contributed by atoms with Crippen molar-refractivity contribution < 1.29 is 4.79 Å². The lowest BCUT2D eigenvalue weighted by Crippen LogP contribution is -2.16. The summed E-state index contributed by atoms with van der Waals surface area (Å²) in [7, 11) is 0. The molecule has 0 aliphatic rings. The summed E-state index contributed by atoms with van der Waals surface area (Å²) in [6.07, 6.45) is 4.69. The average molecular weight is 306 g/mol. The van der Waals surface area contributed by atoms with Crippen LogP contribution >= 0.6 is 0 Å². The quantitative estimate of drug-likeness (QED) is 0.767. The van der Waals surface area contributed by atoms with Gasteiger partial charge in [0.1, 0.15) is 22.9 Å². The Hall–Kier alpha value is -3.35. The van der Waals surface area contributed by atoms with Gasteiger partial charge in [-0.2, -0.15) is 0 Å². The molecule has 3 N–H and O–H groups in total. The van der Waals surface area contributed by atoms with Crippen molar-refractivity contribution in [3.63, 3.8) is 0 Å². The van der Waals surface area contributed by atoms with Gasteiger partial charge in [-0.1, -0.05) is 12.1 Å². The molecule has 23 heavy (non-hydrogen) atoms. The van der Waals surface area contributed by atoms with Crippen LogP contribution in [0.1, 0.15) is 15.9 Å². The van der Waals surface area contributed by atoms with Crippen molar-refractivity contribution in [1.82, 2.24) is 19.9 Å². The highest BCUT2D eigenvalue weighted by Gasteiger charge is 2.14. The van der Waals surface area contributed by atoms with E-state index in [2.05, 4.69) is 25.3 Å². The third kappa shape index (κ3) is 3.29. The number of carbonyl (C=O) groups is 1. The number of aromatic nitrogens is 4. The highest BCUT2D eigenvalue weighted by Crippen LogP contribution is 2.16. The lowest BCUT2D eigenvalue weighted by molar-refractivity contribution is 0.102. The predicted molar refractivity (Wildman–Crippen MR) is 86.6 cm³/mol. The molecular formula is C16H14N6O. The molecule has 0 atom stereocenters. The Morgan fingerprint density at radius 1 is 1.09 bits per heavy atom. The molecule has 3 aromatic heterocycles. The van der Waals surface area contributed by atoms with E-state index in [1.165, 1.54) is 6.20 Å². The summed E-state index contributed by atoms with van der Waals surface area (Å²) in [6.45, 7) is 1.92. The first-order chi connectivity index (χ1) is 11.1. The van der Waals surface area contributed by atoms with Crippen LogP contribution in [0.15, 0.2) is 48.9 Å². The molecule has 0 bridgehead atoms. The zero-order valence-corrected chi connectivity index (χ0v) is 12.4. The Morgan fingerprint density at radius 2 is 1.96 bits per heavy atom. The lowest BCUT2D eigenvalue weighted by Gasteiger charge is -2.07. The van der Waals surface area contributed by atoms with Crippen LogP contribution in [0.4, 0.5) is 11.6 Å². The van der Waals surface area contributed by atoms with Crippen LogP contribution in [0.25, 0.3) is 11.5 Å². The molecule has 0 unspecified atom stereocenters. The Labute approximate surface area is 132 Å². The maximum atomic E-state index is 12.2. The first-order valence-electron chi connectivity index (χ1n) is 6.91. The van der Waals surface area contributed by atoms with Gasteiger partial charge in [-0.05, 0) is 30.7 Å². The number of hydrogen-bond acceptors (Lipinski definition) is 6. The molecule has 7 heteroatoms. The van der Waals surface area contributed by atoms with Crippen LogP contribution in [0.5, 0.6) is 0 Å². The fourth-order valence-electron chi connectivity index (χ4n) is 1.91. The maximum absolute atomic E-state index is 12.2. The fourth-order valence-corrected chi connectivity index (χ4v) is 1.91. The minimum absolute atomic E-state index is 0.0882. The Morgan fingerprint density at radius 3 is 2.61 bits per heavy atom. The van der Waals surface area contributed by atoms with Gasteiger partial charge in [0, 0.05) is 18.6 Å². The molecule has 3 aromatic rings. The SMILES string of the molecule is Cc1ccc(NC(=O)c2cnc(-c3ccccn3)nc2N)nc1. The predicted octanol–water partition coefficient (Wildman–Crippen LogP) is 2.08. The molecule has 1 amide bonds. The van der Waals surface area contributed by atoms with Crippen molar-refractivity contribution in [3.05, 3.63) is 60.0 Å². The summed E-state index contributed by atoms with van der Waals surface area (Å²) < 4.78 is 0. The standard InChI is InChI=1S/C16H14N6O/c1-10-5-6-13(19-8-10)21-16(23)11-9-20-15(22-14(11)17)12-4-2-3-7-18-12/h2-9H,1H3,(H2,17,20,22)(H,19,21,23). The first-order valence-corrected chi connectivity index (χ1v) is 6.91. The van der Waals surface area contributed by atoms with Crippen molar-refractivity contribution >= 4 is 17.5 Å². The van der Waals surface area contributed by atoms with E-state index in [0.29, 0.717) is 17.3 Å². The van der Waals surface area contributed by atoms with E-state index in [-0.39, 0.29) is 11.4 Å². The number of aryl methyl sites for hydroxylation is 1. The van der Waals surface area contributed by atoms with E-state index >= 15 is 0 Å². The number of carbonyl (C=O) groups excluding carboxylic acids is 1. The highest BCUT2D eigenvalue weighted by atomic mass is 16.1. The number of pyridine rings is 2. The minimum Gasteiger partial charge on any atom is -0.383 e. The van der Waals surface area contributed by atoms with E-state index in [4.69, 9.17) is 5.73 Å². The summed E-state index contributed by atoms with van der Waals surface area (Å²) in [5.74, 6) is 0.485. The molecule has 0 spiro atoms. The van der Waals surface area contributed by atoms with Gasteiger partial charge in [0.15, 0.2) is 5.82 Å². The van der Waals surface area contributed by atoms with Gasteiger partial charge < -0.3 is 11.1 Å². The molecule has 3 heterocycles. The van der Waals surface area contributed by atoms with Crippen LogP contribution in [0.2, 0.25) is 0 Å². The Kier molecular flexibility index (Phi) is 3.92. The number of nitrogen functional groups attached to an aromatic ring is 1. The van der Waals surface area contributed by atoms with Crippen LogP contribution in [0, 0.1) is 6.92 Å². The molecule has 0 saturated heterocycles. The molecular weight excluding hydrogens is 292 g/mol. The second-order valence-corrected chi connectivity index (χ2v) is 4.88. The smallest absolute Gasteiger partial charge is 0.262 e.